The first-order chi connectivity index (χ1) is 19.7. The molecular weight excluding hydrogens is 532 g/mol. The van der Waals surface area contributed by atoms with Crippen molar-refractivity contribution in [3.8, 4) is 22.6 Å². The summed E-state index contributed by atoms with van der Waals surface area (Å²) < 4.78 is 13.6. The van der Waals surface area contributed by atoms with Crippen molar-refractivity contribution in [3.05, 3.63) is 120 Å². The molecule has 0 aliphatic heterocycles. The zero-order valence-electron chi connectivity index (χ0n) is 24.5. The third-order valence-electron chi connectivity index (χ3n) is 7.88. The average molecular weight is 569 g/mol. The second-order valence-corrected chi connectivity index (χ2v) is 10.9. The Balaban J connectivity index is 1.66. The van der Waals surface area contributed by atoms with Crippen LogP contribution < -0.4 is 9.47 Å². The van der Waals surface area contributed by atoms with E-state index in [1.165, 1.54) is 12.5 Å². The third kappa shape index (κ3) is 7.17. The number of imidazole rings is 1. The number of benzene rings is 3. The highest BCUT2D eigenvalue weighted by Gasteiger charge is 2.23. The maximum absolute atomic E-state index is 13.0. The first-order valence-corrected chi connectivity index (χ1v) is 14.2. The number of hydrogen-bond acceptors (Lipinski definition) is 4. The van der Waals surface area contributed by atoms with Gasteiger partial charge in [0.1, 0.15) is 11.5 Å². The quantitative estimate of drug-likeness (QED) is 0.103. The van der Waals surface area contributed by atoms with E-state index < -0.39 is 0 Å². The average Bonchev–Trinajstić information content (AvgIpc) is 3.53. The third-order valence-corrected chi connectivity index (χ3v) is 8.13. The van der Waals surface area contributed by atoms with Crippen molar-refractivity contribution >= 4 is 23.1 Å². The molecule has 212 valence electrons. The van der Waals surface area contributed by atoms with Gasteiger partial charge in [0.15, 0.2) is 11.5 Å². The Kier molecular flexibility index (Phi) is 9.85. The summed E-state index contributed by atoms with van der Waals surface area (Å²) in [7, 11) is 1.66. The number of para-hydroxylation sites is 1. The van der Waals surface area contributed by atoms with Crippen molar-refractivity contribution in [1.29, 1.82) is 0 Å². The van der Waals surface area contributed by atoms with E-state index in [0.29, 0.717) is 23.3 Å². The summed E-state index contributed by atoms with van der Waals surface area (Å²) in [5, 5.41) is 0.735. The Morgan fingerprint density at radius 1 is 0.951 bits per heavy atom. The fraction of sp³-hybridized carbons (Fsp3) is 0.257. The molecule has 41 heavy (non-hydrogen) atoms. The molecule has 1 aromatic heterocycles. The van der Waals surface area contributed by atoms with Gasteiger partial charge in [-0.25, -0.2) is 4.98 Å². The lowest BCUT2D eigenvalue weighted by atomic mass is 9.78. The van der Waals surface area contributed by atoms with Crippen LogP contribution in [0.3, 0.4) is 0 Å². The fourth-order valence-corrected chi connectivity index (χ4v) is 5.06. The minimum Gasteiger partial charge on any atom is -0.496 e. The number of carbonyl (C=O) groups is 1. The lowest BCUT2D eigenvalue weighted by molar-refractivity contribution is -0.115. The maximum Gasteiger partial charge on any atom is 0.197 e. The number of allylic oxidation sites excluding steroid dienone is 4. The van der Waals surface area contributed by atoms with Crippen molar-refractivity contribution in [2.24, 2.45) is 11.8 Å². The molecule has 0 spiro atoms. The molecule has 0 saturated carbocycles. The summed E-state index contributed by atoms with van der Waals surface area (Å²) in [5.74, 6) is 2.31. The molecule has 0 fully saturated rings. The molecule has 0 amide bonds. The van der Waals surface area contributed by atoms with Crippen LogP contribution in [0.15, 0.2) is 109 Å². The minimum atomic E-state index is -0.179. The Bertz CT molecular complexity index is 1520. The minimum absolute atomic E-state index is 0.179. The van der Waals surface area contributed by atoms with E-state index in [1.807, 2.05) is 77.5 Å². The number of carbonyl (C=O) groups excluding carboxylic acids is 1. The predicted molar refractivity (Wildman–Crippen MR) is 167 cm³/mol. The summed E-state index contributed by atoms with van der Waals surface area (Å²) in [6.07, 6.45) is 7.23. The molecule has 0 saturated heterocycles. The fourth-order valence-electron chi connectivity index (χ4n) is 4.93. The van der Waals surface area contributed by atoms with Gasteiger partial charge in [0.2, 0.25) is 0 Å². The zero-order chi connectivity index (χ0) is 29.5. The lowest BCUT2D eigenvalue weighted by Crippen LogP contribution is -2.17. The molecule has 3 atom stereocenters. The number of nitrogens with zero attached hydrogens (tertiary/aromatic N) is 2. The predicted octanol–water partition coefficient (Wildman–Crippen LogP) is 9.07. The first kappa shape index (κ1) is 29.9. The van der Waals surface area contributed by atoms with Crippen LogP contribution in [0.1, 0.15) is 46.1 Å². The Morgan fingerprint density at radius 3 is 2.24 bits per heavy atom. The van der Waals surface area contributed by atoms with Crippen molar-refractivity contribution in [3.63, 3.8) is 0 Å². The van der Waals surface area contributed by atoms with Gasteiger partial charge in [0.05, 0.1) is 19.1 Å². The van der Waals surface area contributed by atoms with Gasteiger partial charge in [-0.2, -0.15) is 0 Å². The molecule has 0 bridgehead atoms. The number of halogens is 1. The van der Waals surface area contributed by atoms with E-state index in [9.17, 15) is 4.79 Å². The monoisotopic (exact) mass is 568 g/mol. The van der Waals surface area contributed by atoms with Crippen LogP contribution in [0.4, 0.5) is 0 Å². The standard InChI is InChI=1S/C35H37ClN2O3/c1-23(24(2)25(3)26(4)28-11-15-30(36)16-12-28)21-33(38-20-19-37-22-38)35(27(5)39)41-31-17-13-29(14-18-31)32-9-7-8-10-34(32)40-6/h7-22,24-26H,1-6H3/b23-21?,35-33-. The number of ketones is 1. The van der Waals surface area contributed by atoms with Crippen molar-refractivity contribution in [1.82, 2.24) is 9.55 Å². The highest BCUT2D eigenvalue weighted by atomic mass is 35.5. The molecule has 6 heteroatoms. The highest BCUT2D eigenvalue weighted by molar-refractivity contribution is 6.30. The van der Waals surface area contributed by atoms with Gasteiger partial charge in [0, 0.05) is 29.9 Å². The van der Waals surface area contributed by atoms with Gasteiger partial charge in [0.25, 0.3) is 0 Å². The van der Waals surface area contributed by atoms with Crippen molar-refractivity contribution < 1.29 is 14.3 Å². The first-order valence-electron chi connectivity index (χ1n) is 13.8. The zero-order valence-corrected chi connectivity index (χ0v) is 25.2. The molecule has 4 aromatic rings. The number of ether oxygens (including phenoxy) is 2. The van der Waals surface area contributed by atoms with Crippen LogP contribution >= 0.6 is 11.6 Å². The van der Waals surface area contributed by atoms with Gasteiger partial charge in [-0.15, -0.1) is 0 Å². The van der Waals surface area contributed by atoms with E-state index in [1.54, 1.807) is 19.6 Å². The van der Waals surface area contributed by atoms with Gasteiger partial charge >= 0.3 is 0 Å². The molecule has 0 radical (unpaired) electrons. The number of hydrogen-bond donors (Lipinski definition) is 0. The van der Waals surface area contributed by atoms with Crippen molar-refractivity contribution in [2.45, 2.75) is 40.5 Å². The molecule has 4 rings (SSSR count). The van der Waals surface area contributed by atoms with Crippen LogP contribution in [-0.4, -0.2) is 22.4 Å². The summed E-state index contributed by atoms with van der Waals surface area (Å²) in [4.78, 5) is 17.2. The molecule has 0 N–H and O–H groups in total. The summed E-state index contributed by atoms with van der Waals surface area (Å²) >= 11 is 6.11. The summed E-state index contributed by atoms with van der Waals surface area (Å²) in [5.41, 5.74) is 5.00. The Hall–Kier alpha value is -4.09. The molecule has 3 aromatic carbocycles. The lowest BCUT2D eigenvalue weighted by Gasteiger charge is -2.28. The van der Waals surface area contributed by atoms with E-state index in [2.05, 4.69) is 44.8 Å². The van der Waals surface area contributed by atoms with Crippen LogP contribution in [0.5, 0.6) is 11.5 Å². The number of Topliss-reactive ketones (excluding diaryl/α,β-unsaturated/α-hetero) is 1. The van der Waals surface area contributed by atoms with Crippen LogP contribution in [0, 0.1) is 11.8 Å². The SMILES string of the molecule is COc1ccccc1-c1ccc(O/C(C(C)=O)=C(/C=C(C)C(C)C(C)C(C)c2ccc(Cl)cc2)n2ccnc2)cc1. The normalized spacial score (nSPS) is 14.6. The highest BCUT2D eigenvalue weighted by Crippen LogP contribution is 2.35. The van der Waals surface area contributed by atoms with E-state index in [-0.39, 0.29) is 17.5 Å². The van der Waals surface area contributed by atoms with Crippen LogP contribution in [0.2, 0.25) is 5.02 Å². The second kappa shape index (κ2) is 13.5. The molecule has 0 aliphatic rings. The van der Waals surface area contributed by atoms with E-state index in [0.717, 1.165) is 27.5 Å². The molecule has 1 heterocycles. The van der Waals surface area contributed by atoms with E-state index >= 15 is 0 Å². The largest absolute Gasteiger partial charge is 0.496 e. The van der Waals surface area contributed by atoms with Crippen molar-refractivity contribution in [2.75, 3.05) is 7.11 Å². The molecular formula is C35H37ClN2O3. The smallest absolute Gasteiger partial charge is 0.197 e. The van der Waals surface area contributed by atoms with Crippen LogP contribution in [-0.2, 0) is 4.79 Å². The van der Waals surface area contributed by atoms with Gasteiger partial charge in [-0.05, 0) is 72.2 Å². The molecule has 3 unspecified atom stereocenters. The number of aromatic nitrogens is 2. The van der Waals surface area contributed by atoms with Gasteiger partial charge in [-0.1, -0.05) is 80.4 Å². The summed E-state index contributed by atoms with van der Waals surface area (Å²) in [6.45, 7) is 10.3. The molecule has 5 nitrogen and oxygen atoms in total. The Morgan fingerprint density at radius 2 is 1.63 bits per heavy atom. The summed E-state index contributed by atoms with van der Waals surface area (Å²) in [6, 6.07) is 23.6. The number of rotatable bonds is 11. The van der Waals surface area contributed by atoms with Gasteiger partial charge in [-0.3, -0.25) is 4.79 Å². The molecule has 0 aliphatic carbocycles. The topological polar surface area (TPSA) is 53.4 Å². The maximum atomic E-state index is 13.0. The van der Waals surface area contributed by atoms with E-state index in [4.69, 9.17) is 21.1 Å². The Labute approximate surface area is 248 Å². The van der Waals surface area contributed by atoms with Gasteiger partial charge < -0.3 is 14.0 Å². The van der Waals surface area contributed by atoms with Crippen LogP contribution in [0.25, 0.3) is 16.8 Å². The number of methoxy groups -OCH3 is 1. The second-order valence-electron chi connectivity index (χ2n) is 10.4.